The first-order chi connectivity index (χ1) is 18.0. The van der Waals surface area contributed by atoms with Crippen LogP contribution in [0.25, 0.3) is 0 Å². The number of aliphatic hydroxyl groups is 1. The number of allylic oxidation sites excluding steroid dienone is 1. The zero-order chi connectivity index (χ0) is 28.0. The highest BCUT2D eigenvalue weighted by molar-refractivity contribution is 6.39. The molecule has 12 nitrogen and oxygen atoms in total. The van der Waals surface area contributed by atoms with E-state index in [1.54, 1.807) is 42.5 Å². The number of hydrogen-bond acceptors (Lipinski definition) is 9. The van der Waals surface area contributed by atoms with Crippen molar-refractivity contribution in [2.24, 2.45) is 10.9 Å². The molecule has 2 aromatic carbocycles. The van der Waals surface area contributed by atoms with Crippen molar-refractivity contribution in [2.75, 3.05) is 0 Å². The summed E-state index contributed by atoms with van der Waals surface area (Å²) >= 11 is 5.98. The van der Waals surface area contributed by atoms with Gasteiger partial charge in [-0.3, -0.25) is 15.0 Å². The molecule has 1 aromatic heterocycles. The van der Waals surface area contributed by atoms with Gasteiger partial charge < -0.3 is 14.7 Å². The van der Waals surface area contributed by atoms with E-state index in [2.05, 4.69) is 14.8 Å². The van der Waals surface area contributed by atoms with Gasteiger partial charge in [-0.05, 0) is 62.2 Å². The second-order valence-electron chi connectivity index (χ2n) is 8.52. The molecule has 0 bridgehead atoms. The molecule has 0 radical (unpaired) electrons. The minimum atomic E-state index is -1.20. The zero-order valence-corrected chi connectivity index (χ0v) is 21.7. The quantitative estimate of drug-likeness (QED) is 0.182. The summed E-state index contributed by atoms with van der Waals surface area (Å²) in [5.74, 6) is 3.59. The van der Waals surface area contributed by atoms with Crippen LogP contribution in [0.2, 0.25) is 5.02 Å². The summed E-state index contributed by atoms with van der Waals surface area (Å²) in [4.78, 5) is 48.6. The molecule has 38 heavy (non-hydrogen) atoms. The molecule has 5 N–H and O–H groups in total. The number of benzene rings is 2. The SMILES string of the molecule is Cc1cc(/N=c2\[nH]c(=O)n(C/C(O)=C/C(=N)C(=O)ON)c(=O)n2Cc2ccc(Cl)cc2)ccc1OC(C)C. The van der Waals surface area contributed by atoms with Gasteiger partial charge >= 0.3 is 17.3 Å². The van der Waals surface area contributed by atoms with Crippen LogP contribution in [-0.2, 0) is 22.7 Å². The maximum atomic E-state index is 13.4. The molecule has 3 aromatic rings. The summed E-state index contributed by atoms with van der Waals surface area (Å²) < 4.78 is 7.67. The van der Waals surface area contributed by atoms with Crippen LogP contribution in [0.3, 0.4) is 0 Å². The number of ether oxygens (including phenoxy) is 1. The number of aromatic amines is 1. The summed E-state index contributed by atoms with van der Waals surface area (Å²) in [6.07, 6.45) is 0.712. The van der Waals surface area contributed by atoms with Gasteiger partial charge in [0.05, 0.1) is 24.9 Å². The lowest BCUT2D eigenvalue weighted by molar-refractivity contribution is -0.136. The Bertz CT molecular complexity index is 1570. The standard InChI is InChI=1S/C25H27ClN6O6/c1-14(2)37-21-9-8-18(10-15(21)3)29-23-30-24(35)32(13-19(33)11-20(27)22(34)38-28)25(36)31(23)12-16-4-6-17(26)7-5-16/h4-11,14,27,33H,12-13,28H2,1-3H3,(H,29,30,35)/b19-11-,27-20?. The number of aromatic nitrogens is 3. The Morgan fingerprint density at radius 2 is 1.89 bits per heavy atom. The normalized spacial score (nSPS) is 12.1. The summed E-state index contributed by atoms with van der Waals surface area (Å²) in [5.41, 5.74) is -0.504. The summed E-state index contributed by atoms with van der Waals surface area (Å²) in [6.45, 7) is 5.06. The van der Waals surface area contributed by atoms with E-state index in [0.717, 1.165) is 11.6 Å². The molecular formula is C25H27ClN6O6. The molecule has 0 aliphatic rings. The van der Waals surface area contributed by atoms with Gasteiger partial charge in [0.25, 0.3) is 0 Å². The van der Waals surface area contributed by atoms with Gasteiger partial charge in [0.15, 0.2) is 0 Å². The second kappa shape index (κ2) is 12.2. The largest absolute Gasteiger partial charge is 0.510 e. The average molecular weight is 543 g/mol. The minimum absolute atomic E-state index is 0.0128. The molecule has 200 valence electrons. The smallest absolute Gasteiger partial charge is 0.374 e. The maximum absolute atomic E-state index is 13.4. The van der Waals surface area contributed by atoms with Crippen molar-refractivity contribution in [1.29, 1.82) is 5.41 Å². The lowest BCUT2D eigenvalue weighted by atomic mass is 10.2. The molecular weight excluding hydrogens is 516 g/mol. The van der Waals surface area contributed by atoms with Gasteiger partial charge in [-0.25, -0.2) is 23.9 Å². The van der Waals surface area contributed by atoms with E-state index in [1.807, 2.05) is 20.8 Å². The molecule has 0 atom stereocenters. The van der Waals surface area contributed by atoms with Gasteiger partial charge in [0.2, 0.25) is 5.62 Å². The highest BCUT2D eigenvalue weighted by atomic mass is 35.5. The second-order valence-corrected chi connectivity index (χ2v) is 8.95. The third-order valence-electron chi connectivity index (χ3n) is 5.15. The van der Waals surface area contributed by atoms with Crippen LogP contribution in [-0.4, -0.2) is 37.0 Å². The van der Waals surface area contributed by atoms with Crippen LogP contribution in [0.1, 0.15) is 25.0 Å². The van der Waals surface area contributed by atoms with Gasteiger partial charge in [-0.2, -0.15) is 5.90 Å². The van der Waals surface area contributed by atoms with Gasteiger partial charge in [-0.1, -0.05) is 23.7 Å². The van der Waals surface area contributed by atoms with Crippen LogP contribution in [0, 0.1) is 12.3 Å². The van der Waals surface area contributed by atoms with Gasteiger partial charge in [0, 0.05) is 11.1 Å². The number of nitrogens with one attached hydrogen (secondary N) is 2. The number of nitrogens with zero attached hydrogens (tertiary/aromatic N) is 3. The minimum Gasteiger partial charge on any atom is -0.510 e. The lowest BCUT2D eigenvalue weighted by Crippen LogP contribution is -2.50. The number of H-pyrrole nitrogens is 1. The summed E-state index contributed by atoms with van der Waals surface area (Å²) in [5, 5.41) is 18.2. The predicted molar refractivity (Wildman–Crippen MR) is 141 cm³/mol. The molecule has 0 aliphatic heterocycles. The molecule has 0 unspecified atom stereocenters. The first-order valence-electron chi connectivity index (χ1n) is 11.4. The van der Waals surface area contributed by atoms with Crippen molar-refractivity contribution in [1.82, 2.24) is 14.1 Å². The third kappa shape index (κ3) is 7.08. The van der Waals surface area contributed by atoms with Crippen LogP contribution in [0.15, 0.2) is 68.9 Å². The van der Waals surface area contributed by atoms with Crippen molar-refractivity contribution < 1.29 is 19.5 Å². The first-order valence-corrected chi connectivity index (χ1v) is 11.8. The van der Waals surface area contributed by atoms with Crippen LogP contribution >= 0.6 is 11.6 Å². The lowest BCUT2D eigenvalue weighted by Gasteiger charge is -2.13. The number of halogens is 1. The van der Waals surface area contributed by atoms with Crippen molar-refractivity contribution in [3.8, 4) is 5.75 Å². The van der Waals surface area contributed by atoms with Crippen molar-refractivity contribution in [3.05, 3.63) is 97.0 Å². The van der Waals surface area contributed by atoms with E-state index in [1.165, 1.54) is 4.57 Å². The van der Waals surface area contributed by atoms with E-state index >= 15 is 0 Å². The Morgan fingerprint density at radius 3 is 2.50 bits per heavy atom. The summed E-state index contributed by atoms with van der Waals surface area (Å²) in [7, 11) is 0. The number of carbonyl (C=O) groups is 1. The number of nitrogens with two attached hydrogens (primary N) is 1. The fraction of sp³-hybridized carbons (Fsp3) is 0.240. The number of carbonyl (C=O) groups excluding carboxylic acids is 1. The van der Waals surface area contributed by atoms with E-state index < -0.39 is 35.4 Å². The first kappa shape index (κ1) is 28.2. The Labute approximate surface area is 221 Å². The molecule has 0 amide bonds. The number of rotatable bonds is 9. The molecule has 0 saturated heterocycles. The number of hydrogen-bond donors (Lipinski definition) is 4. The number of aryl methyl sites for hydroxylation is 1. The zero-order valence-electron chi connectivity index (χ0n) is 20.9. The fourth-order valence-corrected chi connectivity index (χ4v) is 3.53. The van der Waals surface area contributed by atoms with Crippen LogP contribution < -0.4 is 27.6 Å². The molecule has 1 heterocycles. The van der Waals surface area contributed by atoms with Crippen LogP contribution in [0.4, 0.5) is 5.69 Å². The Morgan fingerprint density at radius 1 is 1.21 bits per heavy atom. The molecule has 0 spiro atoms. The van der Waals surface area contributed by atoms with E-state index in [0.29, 0.717) is 26.6 Å². The van der Waals surface area contributed by atoms with Crippen molar-refractivity contribution in [2.45, 2.75) is 40.0 Å². The molecule has 0 saturated carbocycles. The van der Waals surface area contributed by atoms with Gasteiger partial charge in [0.1, 0.15) is 17.2 Å². The topological polar surface area (TPSA) is 178 Å². The number of aliphatic hydroxyl groups excluding tert-OH is 1. The van der Waals surface area contributed by atoms with Crippen molar-refractivity contribution >= 4 is 29.0 Å². The molecule has 0 aliphatic carbocycles. The van der Waals surface area contributed by atoms with Crippen molar-refractivity contribution in [3.63, 3.8) is 0 Å². The summed E-state index contributed by atoms with van der Waals surface area (Å²) in [6, 6.07) is 11.9. The van der Waals surface area contributed by atoms with E-state index in [9.17, 15) is 19.5 Å². The average Bonchev–Trinajstić information content (AvgIpc) is 2.86. The maximum Gasteiger partial charge on any atom is 0.374 e. The Balaban J connectivity index is 2.13. The predicted octanol–water partition coefficient (Wildman–Crippen LogP) is 2.25. The van der Waals surface area contributed by atoms with Crippen LogP contribution in [0.5, 0.6) is 5.75 Å². The third-order valence-corrected chi connectivity index (χ3v) is 5.40. The van der Waals surface area contributed by atoms with E-state index in [-0.39, 0.29) is 18.3 Å². The van der Waals surface area contributed by atoms with E-state index in [4.69, 9.17) is 27.6 Å². The highest BCUT2D eigenvalue weighted by Gasteiger charge is 2.14. The van der Waals surface area contributed by atoms with Gasteiger partial charge in [-0.15, -0.1) is 0 Å². The Kier molecular flexibility index (Phi) is 9.05. The fourth-order valence-electron chi connectivity index (χ4n) is 3.40. The molecule has 3 rings (SSSR count). The highest BCUT2D eigenvalue weighted by Crippen LogP contribution is 2.24. The monoisotopic (exact) mass is 542 g/mol. The molecule has 0 fully saturated rings. The Hall–Kier alpha value is -4.42. The molecule has 13 heteroatoms.